The Bertz CT molecular complexity index is 378. The second-order valence-corrected chi connectivity index (χ2v) is 6.13. The first-order valence-electron chi connectivity index (χ1n) is 6.64. The topological polar surface area (TPSA) is 45.2 Å². The zero-order valence-corrected chi connectivity index (χ0v) is 11.9. The van der Waals surface area contributed by atoms with Crippen molar-refractivity contribution in [3.8, 4) is 0 Å². The summed E-state index contributed by atoms with van der Waals surface area (Å²) < 4.78 is 0. The molecule has 0 saturated carbocycles. The molecule has 1 aromatic heterocycles. The molecule has 0 radical (unpaired) electrons. The quantitative estimate of drug-likeness (QED) is 0.910. The largest absolute Gasteiger partial charge is 0.323 e. The monoisotopic (exact) mass is 267 g/mol. The molecule has 1 aliphatic heterocycles. The van der Waals surface area contributed by atoms with Gasteiger partial charge in [0, 0.05) is 24.2 Å². The van der Waals surface area contributed by atoms with E-state index in [0.29, 0.717) is 17.1 Å². The van der Waals surface area contributed by atoms with Crippen LogP contribution in [0.1, 0.15) is 39.5 Å². The lowest BCUT2D eigenvalue weighted by Crippen LogP contribution is -2.46. The third-order valence-electron chi connectivity index (χ3n) is 3.28. The molecule has 1 atom stereocenters. The number of rotatable bonds is 3. The van der Waals surface area contributed by atoms with Crippen LogP contribution >= 0.6 is 11.3 Å². The van der Waals surface area contributed by atoms with E-state index >= 15 is 0 Å². The first kappa shape index (κ1) is 13.3. The second-order valence-electron chi connectivity index (χ2n) is 5.24. The van der Waals surface area contributed by atoms with Gasteiger partial charge in [-0.2, -0.15) is 0 Å². The van der Waals surface area contributed by atoms with Crippen LogP contribution in [0, 0.1) is 5.92 Å². The fraction of sp³-hybridized carbons (Fsp3) is 0.692. The zero-order valence-electron chi connectivity index (χ0n) is 11.1. The van der Waals surface area contributed by atoms with Gasteiger partial charge < -0.3 is 4.90 Å². The van der Waals surface area contributed by atoms with Crippen LogP contribution in [0.2, 0.25) is 0 Å². The van der Waals surface area contributed by atoms with E-state index in [9.17, 15) is 4.79 Å². The van der Waals surface area contributed by atoms with Crippen molar-refractivity contribution in [2.24, 2.45) is 5.92 Å². The maximum absolute atomic E-state index is 12.2. The first-order chi connectivity index (χ1) is 8.66. The Morgan fingerprint density at radius 2 is 2.44 bits per heavy atom. The number of piperidine rings is 1. The van der Waals surface area contributed by atoms with Crippen molar-refractivity contribution < 1.29 is 4.79 Å². The van der Waals surface area contributed by atoms with Gasteiger partial charge >= 0.3 is 6.03 Å². The number of nitrogens with one attached hydrogen (secondary N) is 1. The minimum absolute atomic E-state index is 0.00954. The fourth-order valence-corrected chi connectivity index (χ4v) is 3.02. The summed E-state index contributed by atoms with van der Waals surface area (Å²) >= 11 is 1.46. The Morgan fingerprint density at radius 3 is 3.11 bits per heavy atom. The number of carbonyl (C=O) groups is 1. The molecule has 0 spiro atoms. The van der Waals surface area contributed by atoms with Crippen molar-refractivity contribution in [2.45, 2.75) is 45.6 Å². The molecule has 5 heteroatoms. The molecule has 2 heterocycles. The van der Waals surface area contributed by atoms with E-state index in [0.717, 1.165) is 25.8 Å². The molecule has 18 heavy (non-hydrogen) atoms. The van der Waals surface area contributed by atoms with E-state index in [1.807, 2.05) is 10.3 Å². The fourth-order valence-electron chi connectivity index (χ4n) is 2.51. The highest BCUT2D eigenvalue weighted by Gasteiger charge is 2.27. The summed E-state index contributed by atoms with van der Waals surface area (Å²) in [4.78, 5) is 18.3. The number of anilines is 1. The molecule has 1 fully saturated rings. The van der Waals surface area contributed by atoms with E-state index in [-0.39, 0.29) is 6.03 Å². The molecule has 4 nitrogen and oxygen atoms in total. The third-order valence-corrected chi connectivity index (χ3v) is 3.97. The summed E-state index contributed by atoms with van der Waals surface area (Å²) in [5.41, 5.74) is 0. The molecule has 1 N–H and O–H groups in total. The summed E-state index contributed by atoms with van der Waals surface area (Å²) in [5.74, 6) is 0.628. The van der Waals surface area contributed by atoms with Crippen LogP contribution in [0.4, 0.5) is 9.93 Å². The van der Waals surface area contributed by atoms with Crippen LogP contribution in [0.5, 0.6) is 0 Å². The number of carbonyl (C=O) groups excluding carboxylic acids is 1. The number of hydrogen-bond donors (Lipinski definition) is 1. The van der Waals surface area contributed by atoms with Crippen molar-refractivity contribution in [1.82, 2.24) is 9.88 Å². The van der Waals surface area contributed by atoms with Crippen molar-refractivity contribution in [3.63, 3.8) is 0 Å². The SMILES string of the molecule is CC(C)C[C@H]1CCCCN1C(=O)Nc1nccs1. The number of likely N-dealkylation sites (tertiary alicyclic amines) is 1. The van der Waals surface area contributed by atoms with E-state index in [1.54, 1.807) is 6.20 Å². The highest BCUT2D eigenvalue weighted by molar-refractivity contribution is 7.13. The molecular formula is C13H21N3OS. The Hall–Kier alpha value is -1.10. The van der Waals surface area contributed by atoms with Gasteiger partial charge in [0.1, 0.15) is 0 Å². The Morgan fingerprint density at radius 1 is 1.61 bits per heavy atom. The molecule has 1 aromatic rings. The smallest absolute Gasteiger partial charge is 0.321 e. The van der Waals surface area contributed by atoms with Crippen LogP contribution in [-0.2, 0) is 0 Å². The first-order valence-corrected chi connectivity index (χ1v) is 7.52. The number of nitrogens with zero attached hydrogens (tertiary/aromatic N) is 2. The van der Waals surface area contributed by atoms with Crippen molar-refractivity contribution in [1.29, 1.82) is 0 Å². The van der Waals surface area contributed by atoms with Gasteiger partial charge in [0.05, 0.1) is 0 Å². The molecule has 2 rings (SSSR count). The third kappa shape index (κ3) is 3.45. The van der Waals surface area contributed by atoms with Gasteiger partial charge in [-0.3, -0.25) is 5.32 Å². The highest BCUT2D eigenvalue weighted by atomic mass is 32.1. The van der Waals surface area contributed by atoms with Crippen LogP contribution in [-0.4, -0.2) is 28.5 Å². The normalized spacial score (nSPS) is 20.2. The minimum Gasteiger partial charge on any atom is -0.321 e. The maximum atomic E-state index is 12.2. The number of thiazole rings is 1. The summed E-state index contributed by atoms with van der Waals surface area (Å²) in [5, 5.41) is 5.45. The van der Waals surface area contributed by atoms with E-state index < -0.39 is 0 Å². The maximum Gasteiger partial charge on any atom is 0.323 e. The van der Waals surface area contributed by atoms with Gasteiger partial charge in [0.2, 0.25) is 0 Å². The number of amides is 2. The molecule has 1 aliphatic rings. The number of aromatic nitrogens is 1. The van der Waals surface area contributed by atoms with Crippen molar-refractivity contribution in [2.75, 3.05) is 11.9 Å². The summed E-state index contributed by atoms with van der Waals surface area (Å²) in [6.07, 6.45) is 6.27. The summed E-state index contributed by atoms with van der Waals surface area (Å²) in [7, 11) is 0. The summed E-state index contributed by atoms with van der Waals surface area (Å²) in [6, 6.07) is 0.397. The summed E-state index contributed by atoms with van der Waals surface area (Å²) in [6.45, 7) is 5.30. The van der Waals surface area contributed by atoms with Gasteiger partial charge in [-0.05, 0) is 31.6 Å². The standard InChI is InChI=1S/C13H21N3OS/c1-10(2)9-11-5-3-4-7-16(11)13(17)15-12-14-6-8-18-12/h6,8,10-11H,3-5,7,9H2,1-2H3,(H,14,15,17)/t11-/m1/s1. The van der Waals surface area contributed by atoms with Crippen LogP contribution in [0.3, 0.4) is 0 Å². The molecule has 2 amide bonds. The molecule has 1 saturated heterocycles. The number of urea groups is 1. The predicted molar refractivity (Wildman–Crippen MR) is 74.9 cm³/mol. The average molecular weight is 267 g/mol. The van der Waals surface area contributed by atoms with Crippen LogP contribution in [0.15, 0.2) is 11.6 Å². The van der Waals surface area contributed by atoms with Gasteiger partial charge in [0.25, 0.3) is 0 Å². The highest BCUT2D eigenvalue weighted by Crippen LogP contribution is 2.24. The van der Waals surface area contributed by atoms with Crippen LogP contribution < -0.4 is 5.32 Å². The Labute approximate surface area is 112 Å². The molecule has 0 aliphatic carbocycles. The lowest BCUT2D eigenvalue weighted by Gasteiger charge is -2.36. The second kappa shape index (κ2) is 6.18. The molecule has 100 valence electrons. The molecule has 0 unspecified atom stereocenters. The van der Waals surface area contributed by atoms with Gasteiger partial charge in [-0.15, -0.1) is 11.3 Å². The van der Waals surface area contributed by atoms with Crippen molar-refractivity contribution >= 4 is 22.5 Å². The Kier molecular flexibility index (Phi) is 4.58. The predicted octanol–water partition coefficient (Wildman–Crippen LogP) is 3.58. The minimum atomic E-state index is 0.00954. The lowest BCUT2D eigenvalue weighted by molar-refractivity contribution is 0.150. The van der Waals surface area contributed by atoms with Gasteiger partial charge in [-0.25, -0.2) is 9.78 Å². The van der Waals surface area contributed by atoms with E-state index in [4.69, 9.17) is 0 Å². The van der Waals surface area contributed by atoms with Crippen molar-refractivity contribution in [3.05, 3.63) is 11.6 Å². The van der Waals surface area contributed by atoms with Gasteiger partial charge in [0.15, 0.2) is 5.13 Å². The van der Waals surface area contributed by atoms with Gasteiger partial charge in [-0.1, -0.05) is 13.8 Å². The molecular weight excluding hydrogens is 246 g/mol. The molecule has 0 aromatic carbocycles. The molecule has 0 bridgehead atoms. The average Bonchev–Trinajstić information content (AvgIpc) is 2.81. The lowest BCUT2D eigenvalue weighted by atomic mass is 9.94. The zero-order chi connectivity index (χ0) is 13.0. The Balaban J connectivity index is 1.97. The van der Waals surface area contributed by atoms with E-state index in [1.165, 1.54) is 17.8 Å². The van der Waals surface area contributed by atoms with Crippen LogP contribution in [0.25, 0.3) is 0 Å². The number of hydrogen-bond acceptors (Lipinski definition) is 3. The van der Waals surface area contributed by atoms with E-state index in [2.05, 4.69) is 24.1 Å².